The third-order valence-corrected chi connectivity index (χ3v) is 3.30. The number of aromatic nitrogens is 1. The molecule has 0 atom stereocenters. The van der Waals surface area contributed by atoms with Crippen LogP contribution in [-0.2, 0) is 13.0 Å². The van der Waals surface area contributed by atoms with Gasteiger partial charge < -0.3 is 10.3 Å². The van der Waals surface area contributed by atoms with Crippen LogP contribution >= 0.6 is 15.9 Å². The van der Waals surface area contributed by atoms with Crippen molar-refractivity contribution in [3.05, 3.63) is 33.9 Å². The van der Waals surface area contributed by atoms with E-state index in [0.717, 1.165) is 24.0 Å². The highest BCUT2D eigenvalue weighted by Crippen LogP contribution is 2.27. The average Bonchev–Trinajstić information content (AvgIpc) is 2.56. The Hall–Kier alpha value is -0.800. The zero-order valence-corrected chi connectivity index (χ0v) is 9.32. The van der Waals surface area contributed by atoms with Crippen LogP contribution in [0.5, 0.6) is 0 Å². The molecule has 0 radical (unpaired) electrons. The first kappa shape index (κ1) is 8.50. The summed E-state index contributed by atoms with van der Waals surface area (Å²) in [4.78, 5) is 3.48. The van der Waals surface area contributed by atoms with E-state index in [9.17, 15) is 0 Å². The molecule has 0 unspecified atom stereocenters. The van der Waals surface area contributed by atoms with Crippen LogP contribution < -0.4 is 5.32 Å². The van der Waals surface area contributed by atoms with Crippen molar-refractivity contribution in [1.29, 1.82) is 0 Å². The molecule has 0 amide bonds. The number of fused-ring (bicyclic) bond motifs is 3. The van der Waals surface area contributed by atoms with Crippen LogP contribution in [-0.4, -0.2) is 11.5 Å². The third kappa shape index (κ3) is 1.20. The molecule has 72 valence electrons. The van der Waals surface area contributed by atoms with Crippen LogP contribution in [0.4, 0.5) is 0 Å². The van der Waals surface area contributed by atoms with E-state index in [1.54, 1.807) is 0 Å². The largest absolute Gasteiger partial charge is 0.358 e. The van der Waals surface area contributed by atoms with Gasteiger partial charge in [-0.15, -0.1) is 0 Å². The number of hydrogen-bond donors (Lipinski definition) is 2. The minimum atomic E-state index is 0.992. The Bertz CT molecular complexity index is 487. The minimum Gasteiger partial charge on any atom is -0.358 e. The van der Waals surface area contributed by atoms with Crippen LogP contribution in [0.1, 0.15) is 11.3 Å². The molecule has 1 aromatic heterocycles. The molecule has 14 heavy (non-hydrogen) atoms. The number of halogens is 1. The molecule has 0 bridgehead atoms. The van der Waals surface area contributed by atoms with Crippen molar-refractivity contribution >= 4 is 26.8 Å². The van der Waals surface area contributed by atoms with Gasteiger partial charge in [0.1, 0.15) is 0 Å². The van der Waals surface area contributed by atoms with Crippen molar-refractivity contribution in [1.82, 2.24) is 10.3 Å². The molecular weight excluding hydrogens is 240 g/mol. The second-order valence-electron chi connectivity index (χ2n) is 3.70. The molecule has 3 rings (SSSR count). The lowest BCUT2D eigenvalue weighted by Crippen LogP contribution is -2.22. The molecule has 0 aliphatic carbocycles. The van der Waals surface area contributed by atoms with E-state index in [1.165, 1.54) is 22.2 Å². The quantitative estimate of drug-likeness (QED) is 0.740. The SMILES string of the molecule is Brc1ccc2[nH]c3c(c2c1)CNCC3. The monoisotopic (exact) mass is 250 g/mol. The summed E-state index contributed by atoms with van der Waals surface area (Å²) in [7, 11) is 0. The Kier molecular flexibility index (Phi) is 1.89. The standard InChI is InChI=1S/C11H11BrN2/c12-7-1-2-10-8(5-7)9-6-13-4-3-11(9)14-10/h1-2,5,13-14H,3-4,6H2. The molecule has 2 nitrogen and oxygen atoms in total. The van der Waals surface area contributed by atoms with Crippen molar-refractivity contribution < 1.29 is 0 Å². The van der Waals surface area contributed by atoms with Gasteiger partial charge in [-0.25, -0.2) is 0 Å². The number of H-pyrrole nitrogens is 1. The Morgan fingerprint density at radius 2 is 2.21 bits per heavy atom. The molecule has 3 heteroatoms. The van der Waals surface area contributed by atoms with Crippen LogP contribution in [0.25, 0.3) is 10.9 Å². The lowest BCUT2D eigenvalue weighted by Gasteiger charge is -2.12. The molecule has 0 spiro atoms. The highest BCUT2D eigenvalue weighted by molar-refractivity contribution is 9.10. The number of aromatic amines is 1. The first-order valence-corrected chi connectivity index (χ1v) is 5.63. The summed E-state index contributed by atoms with van der Waals surface area (Å²) in [6.07, 6.45) is 1.11. The van der Waals surface area contributed by atoms with Crippen molar-refractivity contribution in [3.8, 4) is 0 Å². The van der Waals surface area contributed by atoms with E-state index >= 15 is 0 Å². The topological polar surface area (TPSA) is 27.8 Å². The summed E-state index contributed by atoms with van der Waals surface area (Å²) < 4.78 is 1.15. The van der Waals surface area contributed by atoms with E-state index in [4.69, 9.17) is 0 Å². The van der Waals surface area contributed by atoms with E-state index in [1.807, 2.05) is 0 Å². The van der Waals surface area contributed by atoms with Crippen molar-refractivity contribution in [2.75, 3.05) is 6.54 Å². The first-order chi connectivity index (χ1) is 6.84. The fourth-order valence-corrected chi connectivity index (χ4v) is 2.48. The van der Waals surface area contributed by atoms with Gasteiger partial charge in [0.25, 0.3) is 0 Å². The average molecular weight is 251 g/mol. The molecule has 0 fully saturated rings. The normalized spacial score (nSPS) is 15.8. The maximum atomic E-state index is 3.51. The Balaban J connectivity index is 2.32. The highest BCUT2D eigenvalue weighted by Gasteiger charge is 2.14. The predicted molar refractivity (Wildman–Crippen MR) is 61.4 cm³/mol. The van der Waals surface area contributed by atoms with Gasteiger partial charge in [-0.3, -0.25) is 0 Å². The second kappa shape index (κ2) is 3.11. The molecule has 0 saturated carbocycles. The Morgan fingerprint density at radius 3 is 3.14 bits per heavy atom. The fraction of sp³-hybridized carbons (Fsp3) is 0.273. The number of benzene rings is 1. The maximum absolute atomic E-state index is 3.51. The molecule has 2 heterocycles. The third-order valence-electron chi connectivity index (χ3n) is 2.81. The van der Waals surface area contributed by atoms with E-state index in [0.29, 0.717) is 0 Å². The predicted octanol–water partition coefficient (Wildman–Crippen LogP) is 2.58. The second-order valence-corrected chi connectivity index (χ2v) is 4.61. The van der Waals surface area contributed by atoms with Gasteiger partial charge in [0.2, 0.25) is 0 Å². The van der Waals surface area contributed by atoms with Gasteiger partial charge >= 0.3 is 0 Å². The molecule has 2 aromatic rings. The number of nitrogens with one attached hydrogen (secondary N) is 2. The van der Waals surface area contributed by atoms with Gasteiger partial charge in [0.05, 0.1) is 0 Å². The lowest BCUT2D eigenvalue weighted by molar-refractivity contribution is 0.641. The Labute approximate surface area is 90.8 Å². The van der Waals surface area contributed by atoms with Gasteiger partial charge in [-0.2, -0.15) is 0 Å². The molecule has 2 N–H and O–H groups in total. The zero-order valence-electron chi connectivity index (χ0n) is 7.73. The summed E-state index contributed by atoms with van der Waals surface area (Å²) in [5.74, 6) is 0. The molecule has 1 aromatic carbocycles. The van der Waals surface area contributed by atoms with Crippen molar-refractivity contribution in [2.24, 2.45) is 0 Å². The van der Waals surface area contributed by atoms with Crippen LogP contribution in [0, 0.1) is 0 Å². The lowest BCUT2D eigenvalue weighted by atomic mass is 10.1. The molecule has 0 saturated heterocycles. The maximum Gasteiger partial charge on any atom is 0.0460 e. The molecule has 1 aliphatic heterocycles. The Morgan fingerprint density at radius 1 is 1.29 bits per heavy atom. The smallest absolute Gasteiger partial charge is 0.0460 e. The van der Waals surface area contributed by atoms with E-state index < -0.39 is 0 Å². The van der Waals surface area contributed by atoms with Crippen LogP contribution in [0.2, 0.25) is 0 Å². The first-order valence-electron chi connectivity index (χ1n) is 4.84. The number of hydrogen-bond acceptors (Lipinski definition) is 1. The van der Waals surface area contributed by atoms with Crippen LogP contribution in [0.3, 0.4) is 0 Å². The summed E-state index contributed by atoms with van der Waals surface area (Å²) in [5.41, 5.74) is 4.09. The minimum absolute atomic E-state index is 0.992. The summed E-state index contributed by atoms with van der Waals surface area (Å²) >= 11 is 3.51. The van der Waals surface area contributed by atoms with Crippen molar-refractivity contribution in [2.45, 2.75) is 13.0 Å². The van der Waals surface area contributed by atoms with Crippen LogP contribution in [0.15, 0.2) is 22.7 Å². The van der Waals surface area contributed by atoms with E-state index in [2.05, 4.69) is 44.4 Å². The molecular formula is C11H11BrN2. The summed E-state index contributed by atoms with van der Waals surface area (Å²) in [5, 5.41) is 4.75. The highest BCUT2D eigenvalue weighted by atomic mass is 79.9. The van der Waals surface area contributed by atoms with E-state index in [-0.39, 0.29) is 0 Å². The van der Waals surface area contributed by atoms with Crippen molar-refractivity contribution in [3.63, 3.8) is 0 Å². The zero-order chi connectivity index (χ0) is 9.54. The summed E-state index contributed by atoms with van der Waals surface area (Å²) in [6, 6.07) is 6.41. The fourth-order valence-electron chi connectivity index (χ4n) is 2.12. The van der Waals surface area contributed by atoms with Gasteiger partial charge in [0, 0.05) is 40.6 Å². The van der Waals surface area contributed by atoms with Gasteiger partial charge in [0.15, 0.2) is 0 Å². The summed E-state index contributed by atoms with van der Waals surface area (Å²) in [6.45, 7) is 2.08. The number of rotatable bonds is 0. The van der Waals surface area contributed by atoms with Gasteiger partial charge in [-0.1, -0.05) is 15.9 Å². The van der Waals surface area contributed by atoms with Gasteiger partial charge in [-0.05, 0) is 23.8 Å². The molecule has 1 aliphatic rings.